The van der Waals surface area contributed by atoms with Gasteiger partial charge in [-0.1, -0.05) is 25.7 Å². The SMILES string of the molecule is Cl.NCCC1CCCCN1S(=O)(=O)CC1CCCCC1. The van der Waals surface area contributed by atoms with Crippen molar-refractivity contribution in [2.45, 2.75) is 63.8 Å². The van der Waals surface area contributed by atoms with Gasteiger partial charge in [0, 0.05) is 12.6 Å². The molecule has 1 unspecified atom stereocenters. The highest BCUT2D eigenvalue weighted by molar-refractivity contribution is 7.89. The second-order valence-corrected chi connectivity index (χ2v) is 8.09. The van der Waals surface area contributed by atoms with Crippen LogP contribution in [0, 0.1) is 5.92 Å². The van der Waals surface area contributed by atoms with Crippen LogP contribution in [0.25, 0.3) is 0 Å². The van der Waals surface area contributed by atoms with Gasteiger partial charge in [-0.2, -0.15) is 4.31 Å². The number of hydrogen-bond donors (Lipinski definition) is 1. The van der Waals surface area contributed by atoms with Crippen LogP contribution in [-0.4, -0.2) is 37.6 Å². The van der Waals surface area contributed by atoms with E-state index in [0.29, 0.717) is 24.8 Å². The van der Waals surface area contributed by atoms with E-state index >= 15 is 0 Å². The Morgan fingerprint density at radius 1 is 1.00 bits per heavy atom. The van der Waals surface area contributed by atoms with E-state index in [1.807, 2.05) is 0 Å². The van der Waals surface area contributed by atoms with Crippen molar-refractivity contribution in [2.24, 2.45) is 11.7 Å². The molecule has 0 spiro atoms. The highest BCUT2D eigenvalue weighted by atomic mass is 35.5. The van der Waals surface area contributed by atoms with Gasteiger partial charge in [-0.15, -0.1) is 12.4 Å². The summed E-state index contributed by atoms with van der Waals surface area (Å²) < 4.78 is 27.0. The number of hydrogen-bond acceptors (Lipinski definition) is 3. The minimum Gasteiger partial charge on any atom is -0.330 e. The van der Waals surface area contributed by atoms with Crippen LogP contribution in [0.15, 0.2) is 0 Å². The number of nitrogens with two attached hydrogens (primary N) is 1. The number of rotatable bonds is 5. The Balaban J connectivity index is 0.00000200. The molecule has 0 aromatic carbocycles. The van der Waals surface area contributed by atoms with Crippen LogP contribution in [0.1, 0.15) is 57.8 Å². The number of halogens is 1. The molecule has 6 heteroatoms. The lowest BCUT2D eigenvalue weighted by Crippen LogP contribution is -2.46. The summed E-state index contributed by atoms with van der Waals surface area (Å²) in [5, 5.41) is 0. The second kappa shape index (κ2) is 8.57. The fourth-order valence-electron chi connectivity index (χ4n) is 3.57. The molecule has 120 valence electrons. The van der Waals surface area contributed by atoms with Crippen LogP contribution in [0.5, 0.6) is 0 Å². The summed E-state index contributed by atoms with van der Waals surface area (Å²) in [5.41, 5.74) is 5.63. The Bertz CT molecular complexity index is 367. The summed E-state index contributed by atoms with van der Waals surface area (Å²) in [4.78, 5) is 0. The largest absolute Gasteiger partial charge is 0.330 e. The molecule has 20 heavy (non-hydrogen) atoms. The van der Waals surface area contributed by atoms with Gasteiger partial charge in [0.05, 0.1) is 5.75 Å². The van der Waals surface area contributed by atoms with E-state index in [2.05, 4.69) is 0 Å². The molecule has 1 saturated carbocycles. The molecule has 1 atom stereocenters. The molecule has 2 rings (SSSR count). The summed E-state index contributed by atoms with van der Waals surface area (Å²) in [7, 11) is -3.08. The molecule has 0 amide bonds. The average Bonchev–Trinajstić information content (AvgIpc) is 2.40. The normalized spacial score (nSPS) is 26.1. The topological polar surface area (TPSA) is 63.4 Å². The molecule has 0 bridgehead atoms. The van der Waals surface area contributed by atoms with Gasteiger partial charge in [-0.25, -0.2) is 8.42 Å². The van der Waals surface area contributed by atoms with Gasteiger partial charge in [0.15, 0.2) is 0 Å². The summed E-state index contributed by atoms with van der Waals surface area (Å²) in [6, 6.07) is 0.160. The Labute approximate surface area is 129 Å². The Hall–Kier alpha value is 0.160. The van der Waals surface area contributed by atoms with E-state index in [1.54, 1.807) is 4.31 Å². The van der Waals surface area contributed by atoms with Crippen molar-refractivity contribution >= 4 is 22.4 Å². The van der Waals surface area contributed by atoms with Gasteiger partial charge in [0.25, 0.3) is 0 Å². The Morgan fingerprint density at radius 3 is 2.30 bits per heavy atom. The molecule has 2 N–H and O–H groups in total. The maximum absolute atomic E-state index is 12.6. The summed E-state index contributed by atoms with van der Waals surface area (Å²) >= 11 is 0. The highest BCUT2D eigenvalue weighted by Crippen LogP contribution is 2.29. The lowest BCUT2D eigenvalue weighted by molar-refractivity contribution is 0.240. The molecule has 1 aliphatic carbocycles. The summed E-state index contributed by atoms with van der Waals surface area (Å²) in [5.74, 6) is 0.757. The van der Waals surface area contributed by atoms with Crippen LogP contribution in [0.3, 0.4) is 0 Å². The fraction of sp³-hybridized carbons (Fsp3) is 1.00. The molecule has 0 aromatic rings. The molecule has 4 nitrogen and oxygen atoms in total. The quantitative estimate of drug-likeness (QED) is 0.845. The highest BCUT2D eigenvalue weighted by Gasteiger charge is 2.33. The maximum atomic E-state index is 12.6. The van der Waals surface area contributed by atoms with Crippen LogP contribution in [0.4, 0.5) is 0 Å². The van der Waals surface area contributed by atoms with Crippen molar-refractivity contribution in [1.82, 2.24) is 4.31 Å². The lowest BCUT2D eigenvalue weighted by atomic mass is 9.91. The molecule has 0 aromatic heterocycles. The summed E-state index contributed by atoms with van der Waals surface area (Å²) in [6.07, 6.45) is 9.80. The second-order valence-electron chi connectivity index (χ2n) is 6.12. The molecule has 2 fully saturated rings. The Kier molecular flexibility index (Phi) is 7.80. The standard InChI is InChI=1S/C14H28N2O2S.ClH/c15-10-9-14-8-4-5-11-16(14)19(17,18)12-13-6-2-1-3-7-13;/h13-14H,1-12,15H2;1H. The van der Waals surface area contributed by atoms with Crippen LogP contribution in [-0.2, 0) is 10.0 Å². The minimum absolute atomic E-state index is 0. The number of sulfonamides is 1. The van der Waals surface area contributed by atoms with Crippen molar-refractivity contribution in [2.75, 3.05) is 18.8 Å². The van der Waals surface area contributed by atoms with Gasteiger partial charge in [-0.3, -0.25) is 0 Å². The van der Waals surface area contributed by atoms with Crippen molar-refractivity contribution < 1.29 is 8.42 Å². The van der Waals surface area contributed by atoms with Gasteiger partial charge >= 0.3 is 0 Å². The smallest absolute Gasteiger partial charge is 0.214 e. The fourth-order valence-corrected chi connectivity index (χ4v) is 5.76. The van der Waals surface area contributed by atoms with E-state index in [1.165, 1.54) is 19.3 Å². The van der Waals surface area contributed by atoms with E-state index in [9.17, 15) is 8.42 Å². The molecule has 0 radical (unpaired) electrons. The monoisotopic (exact) mass is 324 g/mol. The van der Waals surface area contributed by atoms with Crippen molar-refractivity contribution in [3.8, 4) is 0 Å². The third-order valence-corrected chi connectivity index (χ3v) is 6.69. The van der Waals surface area contributed by atoms with Gasteiger partial charge in [0.1, 0.15) is 0 Å². The first-order valence-electron chi connectivity index (χ1n) is 7.83. The van der Waals surface area contributed by atoms with Crippen molar-refractivity contribution in [1.29, 1.82) is 0 Å². The lowest BCUT2D eigenvalue weighted by Gasteiger charge is -2.36. The molecule has 1 saturated heterocycles. The van der Waals surface area contributed by atoms with Gasteiger partial charge in [-0.05, 0) is 44.6 Å². The van der Waals surface area contributed by atoms with Crippen LogP contribution in [0.2, 0.25) is 0 Å². The van der Waals surface area contributed by atoms with Gasteiger partial charge < -0.3 is 5.73 Å². The first-order valence-corrected chi connectivity index (χ1v) is 9.44. The zero-order valence-corrected chi connectivity index (χ0v) is 13.9. The number of nitrogens with zero attached hydrogens (tertiary/aromatic N) is 1. The zero-order valence-electron chi connectivity index (χ0n) is 12.3. The maximum Gasteiger partial charge on any atom is 0.214 e. The first-order chi connectivity index (χ1) is 9.13. The third kappa shape index (κ3) is 4.86. The first kappa shape index (κ1) is 18.2. The van der Waals surface area contributed by atoms with E-state index in [-0.39, 0.29) is 18.4 Å². The minimum atomic E-state index is -3.08. The Morgan fingerprint density at radius 2 is 1.65 bits per heavy atom. The molecule has 1 aliphatic heterocycles. The predicted molar refractivity (Wildman–Crippen MR) is 85.6 cm³/mol. The molecule has 2 aliphatic rings. The van der Waals surface area contributed by atoms with E-state index in [0.717, 1.165) is 38.5 Å². The van der Waals surface area contributed by atoms with E-state index < -0.39 is 10.0 Å². The molecular weight excluding hydrogens is 296 g/mol. The predicted octanol–water partition coefficient (Wildman–Crippen LogP) is 2.52. The summed E-state index contributed by atoms with van der Waals surface area (Å²) in [6.45, 7) is 1.29. The average molecular weight is 325 g/mol. The van der Waals surface area contributed by atoms with E-state index in [4.69, 9.17) is 5.73 Å². The van der Waals surface area contributed by atoms with Crippen LogP contribution < -0.4 is 5.73 Å². The van der Waals surface area contributed by atoms with Crippen molar-refractivity contribution in [3.63, 3.8) is 0 Å². The van der Waals surface area contributed by atoms with Crippen molar-refractivity contribution in [3.05, 3.63) is 0 Å². The third-order valence-electron chi connectivity index (χ3n) is 4.60. The zero-order chi connectivity index (χ0) is 13.7. The molecular formula is C14H29ClN2O2S. The molecule has 1 heterocycles. The van der Waals surface area contributed by atoms with Crippen LogP contribution >= 0.6 is 12.4 Å². The van der Waals surface area contributed by atoms with Gasteiger partial charge in [0.2, 0.25) is 10.0 Å². The number of piperidine rings is 1.